The van der Waals surface area contributed by atoms with Crippen molar-refractivity contribution < 1.29 is 13.2 Å². The average Bonchev–Trinajstić information content (AvgIpc) is 3.12. The molecule has 9 heteroatoms. The van der Waals surface area contributed by atoms with E-state index < -0.39 is 10.0 Å². The van der Waals surface area contributed by atoms with Crippen LogP contribution in [0.1, 0.15) is 39.4 Å². The molecule has 0 aliphatic carbocycles. The summed E-state index contributed by atoms with van der Waals surface area (Å²) < 4.78 is 35.9. The maximum atomic E-state index is 12.8. The van der Waals surface area contributed by atoms with E-state index in [1.165, 1.54) is 24.3 Å². The Morgan fingerprint density at radius 3 is 2.44 bits per heavy atom. The molecule has 1 fully saturated rings. The smallest absolute Gasteiger partial charge is 0.261 e. The van der Waals surface area contributed by atoms with Gasteiger partial charge in [0.1, 0.15) is 11.5 Å². The predicted molar refractivity (Wildman–Crippen MR) is 125 cm³/mol. The summed E-state index contributed by atoms with van der Waals surface area (Å²) in [5.74, 6) is 1.51. The van der Waals surface area contributed by atoms with Crippen molar-refractivity contribution in [1.29, 1.82) is 0 Å². The van der Waals surface area contributed by atoms with Crippen LogP contribution in [0.4, 0.5) is 11.4 Å². The summed E-state index contributed by atoms with van der Waals surface area (Å²) in [6.07, 6.45) is 2.05. The average molecular weight is 457 g/mol. The van der Waals surface area contributed by atoms with E-state index in [1.807, 2.05) is 6.07 Å². The highest BCUT2D eigenvalue weighted by Crippen LogP contribution is 2.31. The monoisotopic (exact) mass is 456 g/mol. The largest absolute Gasteiger partial charge is 0.381 e. The van der Waals surface area contributed by atoms with Crippen LogP contribution in [0.25, 0.3) is 11.0 Å². The molecule has 2 heterocycles. The molecule has 32 heavy (non-hydrogen) atoms. The maximum absolute atomic E-state index is 12.8. The lowest BCUT2D eigenvalue weighted by atomic mass is 9.94. The minimum absolute atomic E-state index is 0.0606. The van der Waals surface area contributed by atoms with Gasteiger partial charge in [-0.3, -0.25) is 4.72 Å². The molecule has 0 amide bonds. The number of aromatic nitrogens is 2. The molecule has 0 spiro atoms. The van der Waals surface area contributed by atoms with Crippen LogP contribution in [-0.4, -0.2) is 31.2 Å². The van der Waals surface area contributed by atoms with Gasteiger partial charge >= 0.3 is 0 Å². The number of rotatable bonds is 6. The van der Waals surface area contributed by atoms with Gasteiger partial charge < -0.3 is 9.30 Å². The highest BCUT2D eigenvalue weighted by Gasteiger charge is 2.26. The Bertz CT molecular complexity index is 1220. The first-order valence-electron chi connectivity index (χ1n) is 10.7. The fraction of sp³-hybridized carbons (Fsp3) is 0.435. The Morgan fingerprint density at radius 1 is 1.12 bits per heavy atom. The van der Waals surface area contributed by atoms with Gasteiger partial charge in [-0.15, -0.1) is 4.91 Å². The Hall–Kier alpha value is -2.78. The van der Waals surface area contributed by atoms with E-state index in [-0.39, 0.29) is 16.0 Å². The summed E-state index contributed by atoms with van der Waals surface area (Å²) >= 11 is 0. The topological polar surface area (TPSA) is 103 Å². The second-order valence-electron chi connectivity index (χ2n) is 9.25. The number of hydrogen-bond acceptors (Lipinski definition) is 6. The number of fused-ring (bicyclic) bond motifs is 1. The molecule has 0 bridgehead atoms. The SMILES string of the molecule is CC(C)(C)c1nc2cc(NS(=O)(=O)c3ccc(N=O)cc3)ccc2n1CC1CCOCC1. The molecule has 8 nitrogen and oxygen atoms in total. The minimum atomic E-state index is -3.80. The molecule has 3 aromatic rings. The maximum Gasteiger partial charge on any atom is 0.261 e. The number of nitrogens with one attached hydrogen (secondary N) is 1. The molecule has 1 aliphatic rings. The van der Waals surface area contributed by atoms with Gasteiger partial charge in [-0.05, 0) is 66.4 Å². The van der Waals surface area contributed by atoms with Crippen LogP contribution in [0.2, 0.25) is 0 Å². The van der Waals surface area contributed by atoms with Crippen molar-refractivity contribution in [3.05, 3.63) is 53.2 Å². The second-order valence-corrected chi connectivity index (χ2v) is 10.9. The Labute approximate surface area is 188 Å². The summed E-state index contributed by atoms with van der Waals surface area (Å²) in [7, 11) is -3.80. The Morgan fingerprint density at radius 2 is 1.81 bits per heavy atom. The summed E-state index contributed by atoms with van der Waals surface area (Å²) in [5.41, 5.74) is 2.20. The Balaban J connectivity index is 1.66. The van der Waals surface area contributed by atoms with Crippen LogP contribution in [0.3, 0.4) is 0 Å². The predicted octanol–water partition coefficient (Wildman–Crippen LogP) is 4.96. The number of ether oxygens (including phenoxy) is 1. The third kappa shape index (κ3) is 4.68. The molecule has 1 aromatic heterocycles. The molecule has 1 aliphatic heterocycles. The first-order chi connectivity index (χ1) is 15.2. The van der Waals surface area contributed by atoms with E-state index in [4.69, 9.17) is 9.72 Å². The van der Waals surface area contributed by atoms with Crippen LogP contribution < -0.4 is 4.72 Å². The number of imidazole rings is 1. The third-order valence-electron chi connectivity index (χ3n) is 5.71. The fourth-order valence-electron chi connectivity index (χ4n) is 4.04. The van der Waals surface area contributed by atoms with E-state index in [0.717, 1.165) is 49.5 Å². The van der Waals surface area contributed by atoms with Crippen molar-refractivity contribution in [2.75, 3.05) is 17.9 Å². The molecule has 0 atom stereocenters. The Kier molecular flexibility index (Phi) is 6.05. The zero-order chi connectivity index (χ0) is 22.9. The summed E-state index contributed by atoms with van der Waals surface area (Å²) in [6.45, 7) is 8.85. The minimum Gasteiger partial charge on any atom is -0.381 e. The molecular weight excluding hydrogens is 428 g/mol. The molecule has 4 rings (SSSR count). The van der Waals surface area contributed by atoms with E-state index in [1.54, 1.807) is 12.1 Å². The zero-order valence-corrected chi connectivity index (χ0v) is 19.4. The number of benzene rings is 2. The van der Waals surface area contributed by atoms with Crippen LogP contribution in [0.15, 0.2) is 52.5 Å². The van der Waals surface area contributed by atoms with Crippen LogP contribution in [-0.2, 0) is 26.7 Å². The number of nitroso groups, excluding NO2 is 1. The van der Waals surface area contributed by atoms with E-state index >= 15 is 0 Å². The van der Waals surface area contributed by atoms with Crippen molar-refractivity contribution in [3.8, 4) is 0 Å². The molecular formula is C23H28N4O4S. The van der Waals surface area contributed by atoms with Crippen LogP contribution in [0.5, 0.6) is 0 Å². The van der Waals surface area contributed by atoms with Gasteiger partial charge in [-0.2, -0.15) is 0 Å². The molecule has 0 saturated carbocycles. The first-order valence-corrected chi connectivity index (χ1v) is 12.2. The third-order valence-corrected chi connectivity index (χ3v) is 7.10. The number of nitrogens with zero attached hydrogens (tertiary/aromatic N) is 3. The van der Waals surface area contributed by atoms with Gasteiger partial charge in [0.15, 0.2) is 0 Å². The van der Waals surface area contributed by atoms with Gasteiger partial charge in [0.2, 0.25) is 0 Å². The van der Waals surface area contributed by atoms with E-state index in [0.29, 0.717) is 11.6 Å². The molecule has 0 unspecified atom stereocenters. The molecule has 0 radical (unpaired) electrons. The van der Waals surface area contributed by atoms with E-state index in [9.17, 15) is 13.3 Å². The van der Waals surface area contributed by atoms with Gasteiger partial charge in [0.25, 0.3) is 10.0 Å². The van der Waals surface area contributed by atoms with Gasteiger partial charge in [0, 0.05) is 25.2 Å². The van der Waals surface area contributed by atoms with Crippen molar-refractivity contribution in [1.82, 2.24) is 9.55 Å². The molecule has 2 aromatic carbocycles. The van der Waals surface area contributed by atoms with Crippen molar-refractivity contribution in [2.24, 2.45) is 11.1 Å². The fourth-order valence-corrected chi connectivity index (χ4v) is 5.09. The van der Waals surface area contributed by atoms with Crippen molar-refractivity contribution in [3.63, 3.8) is 0 Å². The molecule has 1 saturated heterocycles. The normalized spacial score (nSPS) is 15.7. The highest BCUT2D eigenvalue weighted by molar-refractivity contribution is 7.92. The standard InChI is InChI=1S/C23H28N4O4S/c1-23(2,3)22-24-20-14-18(26-32(29,30)19-7-4-17(25-28)5-8-19)6-9-21(20)27(22)15-16-10-12-31-13-11-16/h4-9,14,16,26H,10-13,15H2,1-3H3. The zero-order valence-electron chi connectivity index (χ0n) is 18.5. The quantitative estimate of drug-likeness (QED) is 0.528. The second kappa shape index (κ2) is 8.63. The van der Waals surface area contributed by atoms with Gasteiger partial charge in [-0.1, -0.05) is 20.8 Å². The van der Waals surface area contributed by atoms with Crippen molar-refractivity contribution in [2.45, 2.75) is 50.5 Å². The van der Waals surface area contributed by atoms with Gasteiger partial charge in [0.05, 0.1) is 21.6 Å². The lowest BCUT2D eigenvalue weighted by Gasteiger charge is -2.26. The number of anilines is 1. The lowest BCUT2D eigenvalue weighted by Crippen LogP contribution is -2.25. The number of sulfonamides is 1. The highest BCUT2D eigenvalue weighted by atomic mass is 32.2. The number of hydrogen-bond donors (Lipinski definition) is 1. The summed E-state index contributed by atoms with van der Waals surface area (Å²) in [5, 5.41) is 2.80. The van der Waals surface area contributed by atoms with E-state index in [2.05, 4.69) is 35.2 Å². The van der Waals surface area contributed by atoms with Gasteiger partial charge in [-0.25, -0.2) is 13.4 Å². The molecule has 170 valence electrons. The molecule has 1 N–H and O–H groups in total. The first kappa shape index (κ1) is 22.4. The van der Waals surface area contributed by atoms with Crippen LogP contribution in [0, 0.1) is 10.8 Å². The lowest BCUT2D eigenvalue weighted by molar-refractivity contribution is 0.0611. The summed E-state index contributed by atoms with van der Waals surface area (Å²) in [6, 6.07) is 10.9. The van der Waals surface area contributed by atoms with Crippen molar-refractivity contribution >= 4 is 32.4 Å². The summed E-state index contributed by atoms with van der Waals surface area (Å²) in [4.78, 5) is 15.5. The van der Waals surface area contributed by atoms with Crippen LogP contribution >= 0.6 is 0 Å².